The molecule has 0 saturated heterocycles. The van der Waals surface area contributed by atoms with Gasteiger partial charge in [0.15, 0.2) is 15.4 Å². The second-order valence-electron chi connectivity index (χ2n) is 6.20. The van der Waals surface area contributed by atoms with Crippen molar-refractivity contribution in [3.63, 3.8) is 0 Å². The van der Waals surface area contributed by atoms with Crippen LogP contribution < -0.4 is 5.56 Å². The highest BCUT2D eigenvalue weighted by Crippen LogP contribution is 2.19. The maximum absolute atomic E-state index is 12.8. The first-order chi connectivity index (χ1) is 12.9. The van der Waals surface area contributed by atoms with Crippen LogP contribution in [0.25, 0.3) is 10.3 Å². The zero-order valence-electron chi connectivity index (χ0n) is 15.3. The number of carbonyl (C=O) groups is 1. The van der Waals surface area contributed by atoms with Gasteiger partial charge in [0.25, 0.3) is 5.56 Å². The highest BCUT2D eigenvalue weighted by Gasteiger charge is 2.18. The molecular formula is C19H20N4O2S2. The van der Waals surface area contributed by atoms with Gasteiger partial charge in [-0.2, -0.15) is 0 Å². The molecule has 8 heteroatoms. The number of nitrogens with zero attached hydrogens (tertiary/aromatic N) is 4. The van der Waals surface area contributed by atoms with Crippen molar-refractivity contribution in [1.29, 1.82) is 0 Å². The van der Waals surface area contributed by atoms with E-state index in [1.165, 1.54) is 22.2 Å². The van der Waals surface area contributed by atoms with E-state index in [4.69, 9.17) is 12.2 Å². The number of fused-ring (bicyclic) bond motifs is 1. The summed E-state index contributed by atoms with van der Waals surface area (Å²) >= 11 is 6.52. The molecule has 0 aliphatic rings. The summed E-state index contributed by atoms with van der Waals surface area (Å²) in [5.41, 5.74) is 2.73. The third-order valence-electron chi connectivity index (χ3n) is 4.45. The molecule has 0 saturated carbocycles. The van der Waals surface area contributed by atoms with Crippen molar-refractivity contribution in [3.8, 4) is 0 Å². The summed E-state index contributed by atoms with van der Waals surface area (Å²) < 4.78 is 6.14. The van der Waals surface area contributed by atoms with Gasteiger partial charge >= 0.3 is 0 Å². The summed E-state index contributed by atoms with van der Waals surface area (Å²) in [7, 11) is 0. The Morgan fingerprint density at radius 3 is 2.59 bits per heavy atom. The Bertz CT molecular complexity index is 1180. The normalized spacial score (nSPS) is 11.0. The third kappa shape index (κ3) is 3.38. The lowest BCUT2D eigenvalue weighted by molar-refractivity contribution is 0.0970. The lowest BCUT2D eigenvalue weighted by Gasteiger charge is -2.07. The van der Waals surface area contributed by atoms with Gasteiger partial charge in [0.1, 0.15) is 11.0 Å². The van der Waals surface area contributed by atoms with Crippen LogP contribution in [0.1, 0.15) is 21.7 Å². The molecule has 3 rings (SSSR count). The third-order valence-corrected chi connectivity index (χ3v) is 5.88. The van der Waals surface area contributed by atoms with Crippen molar-refractivity contribution in [3.05, 3.63) is 69.0 Å². The minimum atomic E-state index is -0.257. The number of aromatic nitrogens is 4. The van der Waals surface area contributed by atoms with E-state index in [9.17, 15) is 9.59 Å². The largest absolute Gasteiger partial charge is 0.345 e. The molecule has 6 nitrogen and oxygen atoms in total. The smallest absolute Gasteiger partial charge is 0.273 e. The zero-order valence-corrected chi connectivity index (χ0v) is 16.9. The maximum Gasteiger partial charge on any atom is 0.273 e. The molecule has 0 radical (unpaired) electrons. The number of aryl methyl sites for hydroxylation is 1. The average Bonchev–Trinajstić information content (AvgIpc) is 3.10. The molecule has 0 unspecified atom stereocenters. The Kier molecular flexibility index (Phi) is 5.38. The molecule has 0 amide bonds. The van der Waals surface area contributed by atoms with Crippen molar-refractivity contribution < 1.29 is 4.79 Å². The van der Waals surface area contributed by atoms with Gasteiger partial charge in [-0.3, -0.25) is 14.2 Å². The van der Waals surface area contributed by atoms with E-state index in [1.807, 2.05) is 24.5 Å². The standard InChI is InChI=1S/C19H20N4O2S2/c1-5-7-22-12(3)9-14(13(22)4)15(24)10-21-11-20-17-16(18(21)25)27-19(26)23(17)8-6-2/h5-6,9,11H,1-2,7-8,10H2,3-4H3. The molecule has 140 valence electrons. The van der Waals surface area contributed by atoms with Crippen molar-refractivity contribution in [2.75, 3.05) is 0 Å². The van der Waals surface area contributed by atoms with Gasteiger partial charge in [0, 0.05) is 30.0 Å². The SMILES string of the molecule is C=CCn1c(C)cc(C(=O)Cn2cnc3c(sc(=S)n3CC=C)c2=O)c1C. The Balaban J connectivity index is 1.99. The Labute approximate surface area is 165 Å². The van der Waals surface area contributed by atoms with E-state index in [-0.39, 0.29) is 17.9 Å². The van der Waals surface area contributed by atoms with Gasteiger partial charge in [0.2, 0.25) is 0 Å². The molecular weight excluding hydrogens is 380 g/mol. The summed E-state index contributed by atoms with van der Waals surface area (Å²) in [4.78, 5) is 30.0. The monoisotopic (exact) mass is 400 g/mol. The molecule has 3 aromatic rings. The van der Waals surface area contributed by atoms with Crippen LogP contribution in [0.5, 0.6) is 0 Å². The molecule has 0 bridgehead atoms. The molecule has 27 heavy (non-hydrogen) atoms. The van der Waals surface area contributed by atoms with Gasteiger partial charge in [0.05, 0.1) is 6.54 Å². The molecule has 0 aliphatic heterocycles. The summed E-state index contributed by atoms with van der Waals surface area (Å²) in [5.74, 6) is -0.129. The first-order valence-electron chi connectivity index (χ1n) is 8.39. The van der Waals surface area contributed by atoms with Crippen molar-refractivity contribution in [2.24, 2.45) is 0 Å². The number of hydrogen-bond acceptors (Lipinski definition) is 5. The molecule has 3 aromatic heterocycles. The van der Waals surface area contributed by atoms with Crippen LogP contribution in [-0.4, -0.2) is 24.5 Å². The lowest BCUT2D eigenvalue weighted by atomic mass is 10.1. The molecule has 0 aliphatic carbocycles. The van der Waals surface area contributed by atoms with E-state index in [2.05, 4.69) is 18.1 Å². The highest BCUT2D eigenvalue weighted by atomic mass is 32.1. The van der Waals surface area contributed by atoms with E-state index >= 15 is 0 Å². The number of allylic oxidation sites excluding steroid dienone is 2. The van der Waals surface area contributed by atoms with Crippen LogP contribution in [0.2, 0.25) is 0 Å². The van der Waals surface area contributed by atoms with Crippen molar-refractivity contribution >= 4 is 39.7 Å². The van der Waals surface area contributed by atoms with Gasteiger partial charge in [-0.1, -0.05) is 23.5 Å². The maximum atomic E-state index is 12.8. The molecule has 3 heterocycles. The van der Waals surface area contributed by atoms with Gasteiger partial charge in [-0.25, -0.2) is 4.98 Å². The second-order valence-corrected chi connectivity index (χ2v) is 7.85. The Hall–Kier alpha value is -2.58. The number of Topliss-reactive ketones (excluding diaryl/α,β-unsaturated/α-hetero) is 1. The zero-order chi connectivity index (χ0) is 19.7. The fourth-order valence-corrected chi connectivity index (χ4v) is 4.42. The number of rotatable bonds is 7. The van der Waals surface area contributed by atoms with Crippen LogP contribution >= 0.6 is 23.6 Å². The van der Waals surface area contributed by atoms with E-state index in [0.717, 1.165) is 11.4 Å². The topological polar surface area (TPSA) is 61.8 Å². The van der Waals surface area contributed by atoms with E-state index in [1.54, 1.807) is 16.7 Å². The van der Waals surface area contributed by atoms with E-state index in [0.29, 0.717) is 33.0 Å². The molecule has 0 N–H and O–H groups in total. The Morgan fingerprint density at radius 2 is 1.93 bits per heavy atom. The summed E-state index contributed by atoms with van der Waals surface area (Å²) in [6.45, 7) is 12.4. The molecule has 0 fully saturated rings. The minimum Gasteiger partial charge on any atom is -0.345 e. The van der Waals surface area contributed by atoms with Crippen LogP contribution in [0.3, 0.4) is 0 Å². The first-order valence-corrected chi connectivity index (χ1v) is 9.62. The first kappa shape index (κ1) is 19.2. The van der Waals surface area contributed by atoms with Crippen LogP contribution in [0.4, 0.5) is 0 Å². The van der Waals surface area contributed by atoms with Crippen LogP contribution in [0.15, 0.2) is 42.5 Å². The van der Waals surface area contributed by atoms with Crippen molar-refractivity contribution in [2.45, 2.75) is 33.5 Å². The van der Waals surface area contributed by atoms with Gasteiger partial charge < -0.3 is 9.13 Å². The summed E-state index contributed by atoms with van der Waals surface area (Å²) in [6.07, 6.45) is 4.91. The molecule has 0 spiro atoms. The predicted molar refractivity (Wildman–Crippen MR) is 111 cm³/mol. The molecule has 0 aromatic carbocycles. The fraction of sp³-hybridized carbons (Fsp3) is 0.263. The minimum absolute atomic E-state index is 0.0632. The number of carbonyl (C=O) groups excluding carboxylic acids is 1. The average molecular weight is 401 g/mol. The number of hydrogen-bond donors (Lipinski definition) is 0. The second kappa shape index (κ2) is 7.58. The lowest BCUT2D eigenvalue weighted by Crippen LogP contribution is -2.24. The Morgan fingerprint density at radius 1 is 1.26 bits per heavy atom. The van der Waals surface area contributed by atoms with E-state index < -0.39 is 0 Å². The van der Waals surface area contributed by atoms with Gasteiger partial charge in [-0.05, 0) is 32.1 Å². The molecule has 0 atom stereocenters. The van der Waals surface area contributed by atoms with Crippen molar-refractivity contribution in [1.82, 2.24) is 18.7 Å². The fourth-order valence-electron chi connectivity index (χ4n) is 3.11. The summed E-state index contributed by atoms with van der Waals surface area (Å²) in [6, 6.07) is 1.85. The summed E-state index contributed by atoms with van der Waals surface area (Å²) in [5, 5.41) is 0. The van der Waals surface area contributed by atoms with Crippen LogP contribution in [-0.2, 0) is 19.6 Å². The predicted octanol–water partition coefficient (Wildman–Crippen LogP) is 3.66. The van der Waals surface area contributed by atoms with Crippen LogP contribution in [0, 0.1) is 17.8 Å². The number of ketones is 1. The highest BCUT2D eigenvalue weighted by molar-refractivity contribution is 7.73. The van der Waals surface area contributed by atoms with Gasteiger partial charge in [-0.15, -0.1) is 13.2 Å². The quantitative estimate of drug-likeness (QED) is 0.345. The number of thiazole rings is 1.